The van der Waals surface area contributed by atoms with Gasteiger partial charge in [0.05, 0.1) is 23.9 Å². The van der Waals surface area contributed by atoms with Gasteiger partial charge in [-0.15, -0.1) is 11.3 Å². The number of pyridine rings is 1. The van der Waals surface area contributed by atoms with Crippen molar-refractivity contribution in [2.45, 2.75) is 6.61 Å². The van der Waals surface area contributed by atoms with Crippen molar-refractivity contribution in [1.82, 2.24) is 9.38 Å². The summed E-state index contributed by atoms with van der Waals surface area (Å²) in [5, 5.41) is 0. The number of fused-ring (bicyclic) bond motifs is 1. The Hall–Kier alpha value is -3.32. The lowest BCUT2D eigenvalue weighted by atomic mass is 10.2. The first-order valence-electron chi connectivity index (χ1n) is 8.28. The van der Waals surface area contributed by atoms with Gasteiger partial charge in [0.15, 0.2) is 0 Å². The van der Waals surface area contributed by atoms with E-state index in [1.807, 2.05) is 59.1 Å². The number of nitrogens with zero attached hydrogens (tertiary/aromatic N) is 2. The fourth-order valence-corrected chi connectivity index (χ4v) is 3.83. The van der Waals surface area contributed by atoms with E-state index in [0.717, 1.165) is 27.5 Å². The Balaban J connectivity index is 1.68. The predicted molar refractivity (Wildman–Crippen MR) is 104 cm³/mol. The van der Waals surface area contributed by atoms with E-state index in [9.17, 15) is 4.79 Å². The normalized spacial score (nSPS) is 10.9. The molecule has 1 aromatic carbocycles. The number of aromatic nitrogens is 2. The number of ether oxygens (including phenoxy) is 2. The van der Waals surface area contributed by atoms with Crippen molar-refractivity contribution in [3.05, 3.63) is 71.4 Å². The highest BCUT2D eigenvalue weighted by atomic mass is 32.1. The molecule has 0 aliphatic carbocycles. The molecule has 0 saturated heterocycles. The highest BCUT2D eigenvalue weighted by Gasteiger charge is 2.19. The number of benzene rings is 1. The summed E-state index contributed by atoms with van der Waals surface area (Å²) in [6, 6.07) is 15.2. The lowest BCUT2D eigenvalue weighted by Crippen LogP contribution is -2.10. The zero-order chi connectivity index (χ0) is 18.8. The number of thiophene rings is 1. The molecule has 0 spiro atoms. The second-order valence-electron chi connectivity index (χ2n) is 5.84. The maximum atomic E-state index is 11.9. The quantitative estimate of drug-likeness (QED) is 0.553. The summed E-state index contributed by atoms with van der Waals surface area (Å²) < 4.78 is 13.2. The number of carbonyl (C=O) groups is 1. The van der Waals surface area contributed by atoms with Crippen LogP contribution < -0.4 is 15.2 Å². The number of carbonyl (C=O) groups excluding carboxylic acids is 1. The monoisotopic (exact) mass is 379 g/mol. The van der Waals surface area contributed by atoms with Gasteiger partial charge >= 0.3 is 0 Å². The molecule has 4 rings (SSSR count). The zero-order valence-electron chi connectivity index (χ0n) is 14.6. The Bertz CT molecular complexity index is 1120. The molecule has 0 atom stereocenters. The number of hydrogen-bond donors (Lipinski definition) is 1. The molecule has 0 aliphatic rings. The number of primary amides is 1. The number of methoxy groups -OCH3 is 1. The standard InChI is InChI=1S/C20H17N3O3S/c1-25-15-7-3-2-6-13(15)12-26-16-10-17(27-19(16)20(21)24)14-11-22-18-8-4-5-9-23(14)18/h2-11H,12H2,1H3,(H2,21,24). The molecule has 6 nitrogen and oxygen atoms in total. The highest BCUT2D eigenvalue weighted by Crippen LogP contribution is 2.37. The van der Waals surface area contributed by atoms with Crippen molar-refractivity contribution in [1.29, 1.82) is 0 Å². The summed E-state index contributed by atoms with van der Waals surface area (Å²) in [5.74, 6) is 0.671. The van der Waals surface area contributed by atoms with E-state index in [1.165, 1.54) is 11.3 Å². The van der Waals surface area contributed by atoms with E-state index < -0.39 is 5.91 Å². The van der Waals surface area contributed by atoms with Gasteiger partial charge in [0.25, 0.3) is 5.91 Å². The second-order valence-corrected chi connectivity index (χ2v) is 6.89. The number of hydrogen-bond acceptors (Lipinski definition) is 5. The fourth-order valence-electron chi connectivity index (χ4n) is 2.87. The molecule has 3 aromatic heterocycles. The third-order valence-electron chi connectivity index (χ3n) is 4.17. The molecular weight excluding hydrogens is 362 g/mol. The Labute approximate surface area is 159 Å². The third kappa shape index (κ3) is 3.24. The van der Waals surface area contributed by atoms with Crippen LogP contribution in [-0.2, 0) is 6.61 Å². The van der Waals surface area contributed by atoms with Crippen LogP contribution in [0, 0.1) is 0 Å². The molecule has 4 aromatic rings. The Morgan fingerprint density at radius 3 is 2.81 bits per heavy atom. The van der Waals surface area contributed by atoms with Crippen LogP contribution in [0.2, 0.25) is 0 Å². The van der Waals surface area contributed by atoms with E-state index in [1.54, 1.807) is 13.3 Å². The molecule has 1 amide bonds. The second kappa shape index (κ2) is 7.13. The summed E-state index contributed by atoms with van der Waals surface area (Å²) in [6.07, 6.45) is 3.70. The number of nitrogens with two attached hydrogens (primary N) is 1. The van der Waals surface area contributed by atoms with E-state index in [0.29, 0.717) is 10.6 Å². The van der Waals surface area contributed by atoms with E-state index in [2.05, 4.69) is 4.98 Å². The minimum Gasteiger partial charge on any atom is -0.496 e. The first kappa shape index (κ1) is 17.1. The van der Waals surface area contributed by atoms with Crippen molar-refractivity contribution >= 4 is 22.9 Å². The van der Waals surface area contributed by atoms with Gasteiger partial charge in [0, 0.05) is 17.8 Å². The minimum absolute atomic E-state index is 0.271. The molecule has 0 saturated carbocycles. The van der Waals surface area contributed by atoms with Crippen molar-refractivity contribution < 1.29 is 14.3 Å². The van der Waals surface area contributed by atoms with Crippen LogP contribution in [0.25, 0.3) is 16.2 Å². The van der Waals surface area contributed by atoms with Gasteiger partial charge < -0.3 is 15.2 Å². The van der Waals surface area contributed by atoms with Crippen molar-refractivity contribution in [2.24, 2.45) is 5.73 Å². The van der Waals surface area contributed by atoms with Gasteiger partial charge in [-0.1, -0.05) is 24.3 Å². The maximum Gasteiger partial charge on any atom is 0.262 e. The van der Waals surface area contributed by atoms with Gasteiger partial charge in [0.1, 0.15) is 28.6 Å². The molecule has 0 fully saturated rings. The van der Waals surface area contributed by atoms with Gasteiger partial charge in [-0.25, -0.2) is 4.98 Å². The van der Waals surface area contributed by atoms with Crippen molar-refractivity contribution in [3.63, 3.8) is 0 Å². The molecule has 0 radical (unpaired) electrons. The number of rotatable bonds is 6. The van der Waals surface area contributed by atoms with Crippen molar-refractivity contribution in [3.8, 4) is 22.1 Å². The van der Waals surface area contributed by atoms with E-state index >= 15 is 0 Å². The van der Waals surface area contributed by atoms with Gasteiger partial charge in [-0.2, -0.15) is 0 Å². The van der Waals surface area contributed by atoms with Crippen molar-refractivity contribution in [2.75, 3.05) is 7.11 Å². The summed E-state index contributed by atoms with van der Waals surface area (Å²) >= 11 is 1.29. The van der Waals surface area contributed by atoms with Gasteiger partial charge in [0.2, 0.25) is 0 Å². The van der Waals surface area contributed by atoms with Crippen LogP contribution >= 0.6 is 11.3 Å². The molecule has 0 bridgehead atoms. The Morgan fingerprint density at radius 1 is 1.19 bits per heavy atom. The molecule has 27 heavy (non-hydrogen) atoms. The van der Waals surface area contributed by atoms with E-state index in [4.69, 9.17) is 15.2 Å². The third-order valence-corrected chi connectivity index (χ3v) is 5.32. The van der Waals surface area contributed by atoms with Crippen LogP contribution in [0.15, 0.2) is 60.9 Å². The first-order valence-corrected chi connectivity index (χ1v) is 9.10. The highest BCUT2D eigenvalue weighted by molar-refractivity contribution is 7.17. The zero-order valence-corrected chi connectivity index (χ0v) is 15.4. The van der Waals surface area contributed by atoms with Crippen LogP contribution in [0.4, 0.5) is 0 Å². The number of para-hydroxylation sites is 1. The number of imidazole rings is 1. The molecule has 0 unspecified atom stereocenters. The number of amides is 1. The minimum atomic E-state index is -0.518. The van der Waals surface area contributed by atoms with E-state index in [-0.39, 0.29) is 6.61 Å². The molecule has 2 N–H and O–H groups in total. The molecule has 136 valence electrons. The maximum absolute atomic E-state index is 11.9. The van der Waals surface area contributed by atoms with Crippen LogP contribution in [0.3, 0.4) is 0 Å². The van der Waals surface area contributed by atoms with Gasteiger partial charge in [-0.3, -0.25) is 9.20 Å². The Kier molecular flexibility index (Phi) is 4.52. The lowest BCUT2D eigenvalue weighted by molar-refractivity contribution is 0.1000. The largest absolute Gasteiger partial charge is 0.496 e. The topological polar surface area (TPSA) is 78.8 Å². The Morgan fingerprint density at radius 2 is 2.00 bits per heavy atom. The predicted octanol–water partition coefficient (Wildman–Crippen LogP) is 3.75. The summed E-state index contributed by atoms with van der Waals surface area (Å²) in [6.45, 7) is 0.271. The fraction of sp³-hybridized carbons (Fsp3) is 0.100. The van der Waals surface area contributed by atoms with Crippen LogP contribution in [-0.4, -0.2) is 22.4 Å². The van der Waals surface area contributed by atoms with Gasteiger partial charge in [-0.05, 0) is 18.2 Å². The summed E-state index contributed by atoms with van der Waals surface area (Å²) in [7, 11) is 1.61. The summed E-state index contributed by atoms with van der Waals surface area (Å²) in [5.41, 5.74) is 8.16. The molecular formula is C20H17N3O3S. The van der Waals surface area contributed by atoms with Crippen LogP contribution in [0.5, 0.6) is 11.5 Å². The average molecular weight is 379 g/mol. The first-order chi connectivity index (χ1) is 13.2. The summed E-state index contributed by atoms with van der Waals surface area (Å²) in [4.78, 5) is 17.5. The smallest absolute Gasteiger partial charge is 0.262 e. The molecule has 7 heteroatoms. The lowest BCUT2D eigenvalue weighted by Gasteiger charge is -2.09. The average Bonchev–Trinajstić information content (AvgIpc) is 3.30. The van der Waals surface area contributed by atoms with Crippen LogP contribution in [0.1, 0.15) is 15.2 Å². The SMILES string of the molecule is COc1ccccc1COc1cc(-c2cnc3ccccn23)sc1C(N)=O. The molecule has 3 heterocycles. The molecule has 0 aliphatic heterocycles.